The quantitative estimate of drug-likeness (QED) is 0.440. The van der Waals surface area contributed by atoms with E-state index in [1.54, 1.807) is 11.0 Å². The third kappa shape index (κ3) is 6.91. The maximum absolute atomic E-state index is 14.5. The molecule has 0 aliphatic heterocycles. The number of amides is 2. The van der Waals surface area contributed by atoms with Gasteiger partial charge in [-0.3, -0.25) is 9.59 Å². The first-order valence-electron chi connectivity index (χ1n) is 11.4. The third-order valence-corrected chi connectivity index (χ3v) is 5.88. The smallest absolute Gasteiger partial charge is 0.243 e. The molecule has 1 atom stereocenters. The zero-order chi connectivity index (χ0) is 24.7. The number of carbonyl (C=O) groups excluding carboxylic acids is 2. The molecule has 2 amide bonds. The van der Waals surface area contributed by atoms with Gasteiger partial charge >= 0.3 is 0 Å². The Labute approximate surface area is 205 Å². The number of nitrogens with one attached hydrogen (secondary N) is 1. The molecule has 0 saturated carbocycles. The second-order valence-corrected chi connectivity index (χ2v) is 9.16. The fourth-order valence-electron chi connectivity index (χ4n) is 3.90. The first-order chi connectivity index (χ1) is 16.2. The van der Waals surface area contributed by atoms with Gasteiger partial charge < -0.3 is 10.2 Å². The van der Waals surface area contributed by atoms with Crippen molar-refractivity contribution in [1.82, 2.24) is 10.2 Å². The molecule has 0 fully saturated rings. The van der Waals surface area contributed by atoms with Crippen LogP contribution in [-0.2, 0) is 29.0 Å². The Balaban J connectivity index is 2.01. The number of rotatable bonds is 9. The Morgan fingerprint density at radius 3 is 2.29 bits per heavy atom. The first kappa shape index (κ1) is 25.4. The van der Waals surface area contributed by atoms with Crippen molar-refractivity contribution in [3.05, 3.63) is 106 Å². The second-order valence-electron chi connectivity index (χ2n) is 8.76. The molecule has 0 radical (unpaired) electrons. The van der Waals surface area contributed by atoms with E-state index in [0.717, 1.165) is 16.7 Å². The molecular formula is C28H30ClFN2O2. The lowest BCUT2D eigenvalue weighted by molar-refractivity contribution is -0.141. The average Bonchev–Trinajstić information content (AvgIpc) is 2.79. The molecule has 3 aromatic carbocycles. The highest BCUT2D eigenvalue weighted by Gasteiger charge is 2.31. The molecule has 3 aromatic rings. The lowest BCUT2D eigenvalue weighted by atomic mass is 10.0. The van der Waals surface area contributed by atoms with Crippen molar-refractivity contribution in [2.45, 2.75) is 52.2 Å². The Hall–Kier alpha value is -3.18. The van der Waals surface area contributed by atoms with Crippen LogP contribution in [0.15, 0.2) is 72.8 Å². The van der Waals surface area contributed by atoms with E-state index in [4.69, 9.17) is 11.6 Å². The zero-order valence-electron chi connectivity index (χ0n) is 19.7. The Bertz CT molecular complexity index is 1110. The summed E-state index contributed by atoms with van der Waals surface area (Å²) in [6.07, 6.45) is 0.0967. The minimum atomic E-state index is -0.775. The van der Waals surface area contributed by atoms with Crippen LogP contribution in [0.25, 0.3) is 0 Å². The van der Waals surface area contributed by atoms with Crippen LogP contribution in [0.1, 0.15) is 36.1 Å². The molecule has 0 heterocycles. The van der Waals surface area contributed by atoms with E-state index >= 15 is 0 Å². The van der Waals surface area contributed by atoms with Crippen LogP contribution in [0.3, 0.4) is 0 Å². The predicted molar refractivity (Wildman–Crippen MR) is 134 cm³/mol. The van der Waals surface area contributed by atoms with E-state index in [1.807, 2.05) is 75.4 Å². The van der Waals surface area contributed by atoms with Gasteiger partial charge in [0.05, 0.1) is 6.42 Å². The maximum atomic E-state index is 14.5. The SMILES string of the molecule is Cc1cccc(CN(C(=O)Cc2c(F)cccc2Cl)C(Cc2ccccc2)C(=O)NC(C)C)c1. The highest BCUT2D eigenvalue weighted by molar-refractivity contribution is 6.31. The molecule has 0 aromatic heterocycles. The molecule has 178 valence electrons. The summed E-state index contributed by atoms with van der Waals surface area (Å²) in [4.78, 5) is 28.5. The van der Waals surface area contributed by atoms with E-state index in [0.29, 0.717) is 6.42 Å². The number of nitrogens with zero attached hydrogens (tertiary/aromatic N) is 1. The van der Waals surface area contributed by atoms with E-state index in [2.05, 4.69) is 5.32 Å². The highest BCUT2D eigenvalue weighted by atomic mass is 35.5. The highest BCUT2D eigenvalue weighted by Crippen LogP contribution is 2.22. The minimum Gasteiger partial charge on any atom is -0.352 e. The maximum Gasteiger partial charge on any atom is 0.243 e. The van der Waals surface area contributed by atoms with Crippen molar-refractivity contribution in [1.29, 1.82) is 0 Å². The summed E-state index contributed by atoms with van der Waals surface area (Å²) in [7, 11) is 0. The molecule has 1 unspecified atom stereocenters. The first-order valence-corrected chi connectivity index (χ1v) is 11.7. The minimum absolute atomic E-state index is 0.0947. The van der Waals surface area contributed by atoms with Gasteiger partial charge in [-0.2, -0.15) is 0 Å². The van der Waals surface area contributed by atoms with E-state index < -0.39 is 11.9 Å². The van der Waals surface area contributed by atoms with Crippen LogP contribution in [0, 0.1) is 12.7 Å². The Kier molecular flexibility index (Phi) is 8.83. The largest absolute Gasteiger partial charge is 0.352 e. The fraction of sp³-hybridized carbons (Fsp3) is 0.286. The number of carbonyl (C=O) groups is 2. The van der Waals surface area contributed by atoms with E-state index in [9.17, 15) is 14.0 Å². The van der Waals surface area contributed by atoms with Crippen molar-refractivity contribution in [2.75, 3.05) is 0 Å². The third-order valence-electron chi connectivity index (χ3n) is 5.53. The number of aryl methyl sites for hydroxylation is 1. The number of benzene rings is 3. The van der Waals surface area contributed by atoms with Gasteiger partial charge in [-0.05, 0) is 44.0 Å². The van der Waals surface area contributed by atoms with Crippen LogP contribution in [0.5, 0.6) is 0 Å². The fourth-order valence-corrected chi connectivity index (χ4v) is 4.13. The van der Waals surface area contributed by atoms with E-state index in [1.165, 1.54) is 12.1 Å². The van der Waals surface area contributed by atoms with Gasteiger partial charge in [0.25, 0.3) is 0 Å². The Morgan fingerprint density at radius 2 is 1.65 bits per heavy atom. The summed E-state index contributed by atoms with van der Waals surface area (Å²) in [6.45, 7) is 5.95. The monoisotopic (exact) mass is 480 g/mol. The zero-order valence-corrected chi connectivity index (χ0v) is 20.5. The number of hydrogen-bond donors (Lipinski definition) is 1. The molecular weight excluding hydrogens is 451 g/mol. The summed E-state index contributed by atoms with van der Waals surface area (Å²) in [5.74, 6) is -1.16. The lowest BCUT2D eigenvalue weighted by Crippen LogP contribution is -2.52. The molecule has 0 aliphatic carbocycles. The van der Waals surface area contributed by atoms with Crippen LogP contribution < -0.4 is 5.32 Å². The van der Waals surface area contributed by atoms with Crippen molar-refractivity contribution in [3.63, 3.8) is 0 Å². The van der Waals surface area contributed by atoms with Crippen LogP contribution in [0.4, 0.5) is 4.39 Å². The lowest BCUT2D eigenvalue weighted by Gasteiger charge is -2.32. The molecule has 3 rings (SSSR count). The van der Waals surface area contributed by atoms with E-state index in [-0.39, 0.29) is 41.4 Å². The number of hydrogen-bond acceptors (Lipinski definition) is 2. The summed E-state index contributed by atoms with van der Waals surface area (Å²) >= 11 is 6.21. The van der Waals surface area contributed by atoms with Gasteiger partial charge in [0.2, 0.25) is 11.8 Å². The normalized spacial score (nSPS) is 11.8. The topological polar surface area (TPSA) is 49.4 Å². The number of halogens is 2. The van der Waals surface area contributed by atoms with Gasteiger partial charge in [-0.1, -0.05) is 77.8 Å². The molecule has 0 saturated heterocycles. The molecule has 0 spiro atoms. The van der Waals surface area contributed by atoms with Crippen molar-refractivity contribution in [2.24, 2.45) is 0 Å². The van der Waals surface area contributed by atoms with Gasteiger partial charge in [0, 0.05) is 29.6 Å². The van der Waals surface area contributed by atoms with Crippen molar-refractivity contribution >= 4 is 23.4 Å². The van der Waals surface area contributed by atoms with Gasteiger partial charge in [-0.25, -0.2) is 4.39 Å². The molecule has 0 aliphatic rings. The molecule has 6 heteroatoms. The summed E-state index contributed by atoms with van der Waals surface area (Å²) < 4.78 is 14.5. The van der Waals surface area contributed by atoms with Crippen molar-refractivity contribution < 1.29 is 14.0 Å². The Morgan fingerprint density at radius 1 is 0.971 bits per heavy atom. The summed E-state index contributed by atoms with van der Waals surface area (Å²) in [6, 6.07) is 20.8. The summed E-state index contributed by atoms with van der Waals surface area (Å²) in [5, 5.41) is 3.14. The van der Waals surface area contributed by atoms with Crippen molar-refractivity contribution in [3.8, 4) is 0 Å². The van der Waals surface area contributed by atoms with Crippen LogP contribution in [-0.4, -0.2) is 28.8 Å². The summed E-state index contributed by atoms with van der Waals surface area (Å²) in [5.41, 5.74) is 3.00. The van der Waals surface area contributed by atoms with Crippen LogP contribution in [0.2, 0.25) is 5.02 Å². The predicted octanol–water partition coefficient (Wildman–Crippen LogP) is 5.49. The van der Waals surface area contributed by atoms with Crippen LogP contribution >= 0.6 is 11.6 Å². The second kappa shape index (κ2) is 11.8. The molecule has 34 heavy (non-hydrogen) atoms. The van der Waals surface area contributed by atoms with Gasteiger partial charge in [-0.15, -0.1) is 0 Å². The molecule has 0 bridgehead atoms. The molecule has 4 nitrogen and oxygen atoms in total. The van der Waals surface area contributed by atoms with Gasteiger partial charge in [0.15, 0.2) is 0 Å². The van der Waals surface area contributed by atoms with Gasteiger partial charge in [0.1, 0.15) is 11.9 Å². The standard InChI is InChI=1S/C28H30ClFN2O2/c1-19(2)31-28(34)26(16-21-10-5-4-6-11-21)32(18-22-12-7-9-20(3)15-22)27(33)17-23-24(29)13-8-14-25(23)30/h4-15,19,26H,16-18H2,1-3H3,(H,31,34). The molecule has 1 N–H and O–H groups in total. The average molecular weight is 481 g/mol.